The Bertz CT molecular complexity index is 302. The van der Waals surface area contributed by atoms with Gasteiger partial charge in [0, 0.05) is 0 Å². The molecule has 0 saturated carbocycles. The zero-order valence-corrected chi connectivity index (χ0v) is 7.93. The number of benzene rings is 1. The van der Waals surface area contributed by atoms with Crippen molar-refractivity contribution < 1.29 is 23.8 Å². The Labute approximate surface area is 86.2 Å². The summed E-state index contributed by atoms with van der Waals surface area (Å²) in [5.74, 6) is -0.999. The molecule has 0 fully saturated rings. The van der Waals surface area contributed by atoms with Crippen molar-refractivity contribution in [2.45, 2.75) is 6.36 Å². The molecule has 0 radical (unpaired) electrons. The summed E-state index contributed by atoms with van der Waals surface area (Å²) in [6, 6.07) is 8.91. The second-order valence-corrected chi connectivity index (χ2v) is 2.69. The fraction of sp³-hybridized carbons (Fsp3) is 0.300. The summed E-state index contributed by atoms with van der Waals surface area (Å²) < 4.78 is 21.9. The van der Waals surface area contributed by atoms with Crippen LogP contribution in [0.15, 0.2) is 30.3 Å². The molecule has 5 heteroatoms. The average molecular weight is 214 g/mol. The van der Waals surface area contributed by atoms with Crippen LogP contribution in [0.5, 0.6) is 5.75 Å². The van der Waals surface area contributed by atoms with Crippen molar-refractivity contribution in [2.75, 3.05) is 13.2 Å². The number of rotatable bonds is 6. The number of ether oxygens (including phenoxy) is 2. The van der Waals surface area contributed by atoms with Gasteiger partial charge in [-0.05, 0) is 12.1 Å². The van der Waals surface area contributed by atoms with Gasteiger partial charge in [0.05, 0.1) is 6.61 Å². The zero-order chi connectivity index (χ0) is 11.1. The van der Waals surface area contributed by atoms with Gasteiger partial charge in [0.1, 0.15) is 12.4 Å². The van der Waals surface area contributed by atoms with Gasteiger partial charge in [-0.3, -0.25) is 0 Å². The van der Waals surface area contributed by atoms with Crippen LogP contribution >= 0.6 is 0 Å². The highest BCUT2D eigenvalue weighted by Gasteiger charge is 2.15. The molecule has 1 N–H and O–H groups in total. The summed E-state index contributed by atoms with van der Waals surface area (Å²) in [7, 11) is 0. The van der Waals surface area contributed by atoms with Gasteiger partial charge < -0.3 is 14.6 Å². The molecule has 0 aromatic heterocycles. The van der Waals surface area contributed by atoms with E-state index in [1.165, 1.54) is 0 Å². The Morgan fingerprint density at radius 1 is 1.33 bits per heavy atom. The number of alkyl halides is 1. The van der Waals surface area contributed by atoms with Crippen molar-refractivity contribution in [3.05, 3.63) is 30.3 Å². The second-order valence-electron chi connectivity index (χ2n) is 2.69. The lowest BCUT2D eigenvalue weighted by Crippen LogP contribution is -2.21. The smallest absolute Gasteiger partial charge is 0.366 e. The maximum absolute atomic E-state index is 12.4. The number of halogens is 1. The fourth-order valence-corrected chi connectivity index (χ4v) is 0.899. The topological polar surface area (TPSA) is 55.8 Å². The van der Waals surface area contributed by atoms with Gasteiger partial charge in [-0.2, -0.15) is 0 Å². The molecule has 0 aliphatic heterocycles. The van der Waals surface area contributed by atoms with E-state index >= 15 is 0 Å². The molecule has 0 saturated heterocycles. The monoisotopic (exact) mass is 214 g/mol. The predicted octanol–water partition coefficient (Wildman–Crippen LogP) is 1.46. The average Bonchev–Trinajstić information content (AvgIpc) is 2.25. The first kappa shape index (κ1) is 11.5. The Hall–Kier alpha value is -1.62. The van der Waals surface area contributed by atoms with E-state index in [1.54, 1.807) is 24.3 Å². The van der Waals surface area contributed by atoms with E-state index in [-0.39, 0.29) is 13.2 Å². The van der Waals surface area contributed by atoms with Gasteiger partial charge in [0.15, 0.2) is 0 Å². The minimum atomic E-state index is -2.29. The van der Waals surface area contributed by atoms with E-state index in [0.717, 1.165) is 0 Å². The third kappa shape index (κ3) is 4.42. The van der Waals surface area contributed by atoms with Crippen molar-refractivity contribution in [3.63, 3.8) is 0 Å². The first-order chi connectivity index (χ1) is 7.20. The van der Waals surface area contributed by atoms with Crippen LogP contribution in [0.3, 0.4) is 0 Å². The molecule has 4 nitrogen and oxygen atoms in total. The van der Waals surface area contributed by atoms with Crippen molar-refractivity contribution in [1.29, 1.82) is 0 Å². The summed E-state index contributed by atoms with van der Waals surface area (Å²) >= 11 is 0. The van der Waals surface area contributed by atoms with Crippen LogP contribution in [0.1, 0.15) is 0 Å². The molecule has 1 atom stereocenters. The molecule has 0 amide bonds. The zero-order valence-electron chi connectivity index (χ0n) is 7.93. The van der Waals surface area contributed by atoms with Gasteiger partial charge in [-0.1, -0.05) is 18.2 Å². The van der Waals surface area contributed by atoms with Crippen LogP contribution in [0.25, 0.3) is 0 Å². The Kier molecular flexibility index (Phi) is 4.56. The van der Waals surface area contributed by atoms with Crippen LogP contribution in [-0.4, -0.2) is 30.6 Å². The number of carboxylic acid groups (broad SMARTS) is 1. The number of aliphatic carboxylic acids is 1. The van der Waals surface area contributed by atoms with Gasteiger partial charge in [-0.15, -0.1) is 0 Å². The highest BCUT2D eigenvalue weighted by molar-refractivity contribution is 5.70. The number of carboxylic acids is 1. The van der Waals surface area contributed by atoms with Crippen LogP contribution in [-0.2, 0) is 9.53 Å². The van der Waals surface area contributed by atoms with Crippen LogP contribution in [0.2, 0.25) is 0 Å². The van der Waals surface area contributed by atoms with Crippen LogP contribution in [0, 0.1) is 0 Å². The third-order valence-corrected chi connectivity index (χ3v) is 1.55. The normalized spacial score (nSPS) is 12.1. The third-order valence-electron chi connectivity index (χ3n) is 1.55. The quantitative estimate of drug-likeness (QED) is 0.728. The van der Waals surface area contributed by atoms with Crippen molar-refractivity contribution in [3.8, 4) is 5.75 Å². The summed E-state index contributed by atoms with van der Waals surface area (Å²) in [6.07, 6.45) is -2.29. The maximum atomic E-state index is 12.4. The number of hydrogen-bond acceptors (Lipinski definition) is 3. The molecule has 0 bridgehead atoms. The summed E-state index contributed by atoms with van der Waals surface area (Å²) in [4.78, 5) is 10.0. The first-order valence-corrected chi connectivity index (χ1v) is 4.36. The van der Waals surface area contributed by atoms with Crippen molar-refractivity contribution in [2.24, 2.45) is 0 Å². The van der Waals surface area contributed by atoms with E-state index in [4.69, 9.17) is 9.84 Å². The Morgan fingerprint density at radius 2 is 2.00 bits per heavy atom. The van der Waals surface area contributed by atoms with Gasteiger partial charge >= 0.3 is 5.97 Å². The largest absolute Gasteiger partial charge is 0.491 e. The first-order valence-electron chi connectivity index (χ1n) is 4.36. The van der Waals surface area contributed by atoms with Gasteiger partial charge in [0.25, 0.3) is 6.36 Å². The highest BCUT2D eigenvalue weighted by Crippen LogP contribution is 2.07. The molecular formula is C10H11FO4. The summed E-state index contributed by atoms with van der Waals surface area (Å²) in [6.45, 7) is 0.0000737. The molecule has 15 heavy (non-hydrogen) atoms. The van der Waals surface area contributed by atoms with E-state index in [2.05, 4.69) is 4.74 Å². The number of hydrogen-bond donors (Lipinski definition) is 1. The SMILES string of the molecule is O=C(O)C(F)OCCOc1ccccc1. The van der Waals surface area contributed by atoms with E-state index in [1.807, 2.05) is 6.07 Å². The molecule has 1 aromatic carbocycles. The highest BCUT2D eigenvalue weighted by atomic mass is 19.1. The number of carbonyl (C=O) groups is 1. The fourth-order valence-electron chi connectivity index (χ4n) is 0.899. The molecule has 0 aliphatic carbocycles. The lowest BCUT2D eigenvalue weighted by Gasteiger charge is -2.07. The molecule has 0 aliphatic rings. The van der Waals surface area contributed by atoms with Crippen molar-refractivity contribution in [1.82, 2.24) is 0 Å². The van der Waals surface area contributed by atoms with Gasteiger partial charge in [-0.25, -0.2) is 9.18 Å². The van der Waals surface area contributed by atoms with Crippen molar-refractivity contribution >= 4 is 5.97 Å². The van der Waals surface area contributed by atoms with E-state index < -0.39 is 12.3 Å². The molecule has 82 valence electrons. The molecular weight excluding hydrogens is 203 g/mol. The molecule has 1 unspecified atom stereocenters. The Balaban J connectivity index is 2.15. The second kappa shape index (κ2) is 5.98. The van der Waals surface area contributed by atoms with E-state index in [0.29, 0.717) is 5.75 Å². The molecule has 0 spiro atoms. The van der Waals surface area contributed by atoms with E-state index in [9.17, 15) is 9.18 Å². The van der Waals surface area contributed by atoms with Crippen LogP contribution < -0.4 is 4.74 Å². The molecule has 1 rings (SSSR count). The standard InChI is InChI=1S/C10H11FO4/c11-9(10(12)13)15-7-6-14-8-4-2-1-3-5-8/h1-5,9H,6-7H2,(H,12,13). The Morgan fingerprint density at radius 3 is 2.60 bits per heavy atom. The van der Waals surface area contributed by atoms with Gasteiger partial charge in [0.2, 0.25) is 0 Å². The van der Waals surface area contributed by atoms with Crippen LogP contribution in [0.4, 0.5) is 4.39 Å². The lowest BCUT2D eigenvalue weighted by molar-refractivity contribution is -0.163. The summed E-state index contributed by atoms with van der Waals surface area (Å²) in [5, 5.41) is 8.16. The summed E-state index contributed by atoms with van der Waals surface area (Å²) in [5.41, 5.74) is 0. The molecule has 0 heterocycles. The minimum Gasteiger partial charge on any atom is -0.491 e. The molecule has 1 aromatic rings. The predicted molar refractivity (Wildman–Crippen MR) is 50.4 cm³/mol. The lowest BCUT2D eigenvalue weighted by atomic mass is 10.3. The number of para-hydroxylation sites is 1. The minimum absolute atomic E-state index is 0.109. The maximum Gasteiger partial charge on any atom is 0.366 e.